The van der Waals surface area contributed by atoms with Crippen LogP contribution >= 0.6 is 0 Å². The fourth-order valence-corrected chi connectivity index (χ4v) is 18.6. The van der Waals surface area contributed by atoms with Crippen molar-refractivity contribution in [1.29, 1.82) is 0 Å². The normalized spacial score (nSPS) is 11.8. The van der Waals surface area contributed by atoms with Gasteiger partial charge >= 0.3 is 0 Å². The molecule has 0 aliphatic heterocycles. The van der Waals surface area contributed by atoms with Crippen LogP contribution in [0.4, 0.5) is 11.4 Å². The zero-order chi connectivity index (χ0) is 76.6. The Morgan fingerprint density at radius 1 is 0.198 bits per heavy atom. The number of rotatable bonds is 9. The number of para-hydroxylation sites is 3. The largest absolute Gasteiger partial charge is 0.310 e. The van der Waals surface area contributed by atoms with Gasteiger partial charge in [-0.05, 0) is 286 Å². The monoisotopic (exact) mass is 1470 g/mol. The lowest BCUT2D eigenvalue weighted by atomic mass is 9.89. The van der Waals surface area contributed by atoms with Crippen molar-refractivity contribution in [3.63, 3.8) is 0 Å². The van der Waals surface area contributed by atoms with Crippen LogP contribution in [0.15, 0.2) is 394 Å². The molecule has 24 rings (SSSR count). The minimum absolute atomic E-state index is 0.641. The minimum atomic E-state index is 0.641. The number of pyridine rings is 1. The second kappa shape index (κ2) is 26.4. The molecular formula is C111H65N5. The van der Waals surface area contributed by atoms with Crippen LogP contribution in [0.1, 0.15) is 0 Å². The highest BCUT2D eigenvalue weighted by atomic mass is 15.0. The Kier molecular flexibility index (Phi) is 15.1. The summed E-state index contributed by atoms with van der Waals surface area (Å²) in [4.78, 5) is 12.1. The van der Waals surface area contributed by atoms with Gasteiger partial charge < -0.3 is 9.13 Å². The smallest absolute Gasteiger partial charge is 0.189 e. The standard InChI is InChI=1S/C60H35N3.C51H30N2/c1-61-51-25-27-55-54-26-24-44(35-56(54)63(57(55)36-51)52-9-3-2-4-10-52)42-17-16-41-30-43(19-18-40(41)29-42)50-33-47-22-20-45-31-49(32-46-21-23-48(34-50)59(47)58(45)46)37-12-14-38(15-13-37)53-11-5-7-39-8-6-28-62-60(39)53;1-52-44-21-23-47-46-22-20-37(30-48(46)53(49(47)31-44)45-10-6-3-7-11-45)35-13-12-34-25-36(15-14-33(34)24-35)43-28-40-18-16-38-26-42(32-8-4-2-5-9-32)27-39-17-19-41(29-43)51(40)50(38)39/h2-36H;2-31H. The molecule has 0 aliphatic rings. The van der Waals surface area contributed by atoms with E-state index in [0.717, 1.165) is 71.8 Å². The fourth-order valence-electron chi connectivity index (χ4n) is 18.6. The van der Waals surface area contributed by atoms with Gasteiger partial charge in [-0.3, -0.25) is 4.98 Å². The van der Waals surface area contributed by atoms with Crippen molar-refractivity contribution in [2.24, 2.45) is 0 Å². The SMILES string of the molecule is [C-]#[N+]c1ccc2c3ccc(-c4ccc5cc(-c6cc7ccc8cc(-c9ccc(-c%10cccc%11cccnc%10%11)cc9)cc9ccc(c6)c7c89)ccc5c4)cc3n(-c3ccccc3)c2c1.[C-]#[N+]c1ccc2c3ccc(-c4ccc5cc(-c6cc7ccc8cc(-c9ccccc9)cc9ccc(c6)c7c89)ccc5c4)cc3n(-c3ccccc3)c2c1. The van der Waals surface area contributed by atoms with Gasteiger partial charge in [0.25, 0.3) is 0 Å². The number of hydrogen-bond acceptors (Lipinski definition) is 1. The minimum Gasteiger partial charge on any atom is -0.310 e. The van der Waals surface area contributed by atoms with Gasteiger partial charge in [0.2, 0.25) is 0 Å². The Labute approximate surface area is 668 Å². The predicted molar refractivity (Wildman–Crippen MR) is 490 cm³/mol. The van der Waals surface area contributed by atoms with Gasteiger partial charge in [-0.1, -0.05) is 261 Å². The van der Waals surface area contributed by atoms with E-state index in [0.29, 0.717) is 11.4 Å². The number of benzene rings is 21. The second-order valence-corrected chi connectivity index (χ2v) is 30.8. The highest BCUT2D eigenvalue weighted by Crippen LogP contribution is 2.46. The molecule has 0 unspecified atom stereocenters. The lowest BCUT2D eigenvalue weighted by molar-refractivity contribution is 1.18. The summed E-state index contributed by atoms with van der Waals surface area (Å²) in [5, 5.41) is 26.1. The second-order valence-electron chi connectivity index (χ2n) is 30.8. The Morgan fingerprint density at radius 3 is 0.871 bits per heavy atom. The van der Waals surface area contributed by atoms with Crippen molar-refractivity contribution >= 4 is 152 Å². The summed E-state index contributed by atoms with van der Waals surface area (Å²) in [5.41, 5.74) is 25.6. The Bertz CT molecular complexity index is 8130. The quantitative estimate of drug-likeness (QED) is 0.105. The maximum absolute atomic E-state index is 7.66. The van der Waals surface area contributed by atoms with Crippen LogP contribution < -0.4 is 0 Å². The molecule has 0 saturated carbocycles. The van der Waals surface area contributed by atoms with Gasteiger partial charge in [-0.15, -0.1) is 0 Å². The molecular weight excluding hydrogens is 1400 g/mol. The third-order valence-electron chi connectivity index (χ3n) is 24.1. The summed E-state index contributed by atoms with van der Waals surface area (Å²) in [5.74, 6) is 0. The Hall–Kier alpha value is -15.8. The van der Waals surface area contributed by atoms with Crippen molar-refractivity contribution in [2.45, 2.75) is 0 Å². The zero-order valence-corrected chi connectivity index (χ0v) is 62.8. The van der Waals surface area contributed by atoms with Gasteiger partial charge in [-0.2, -0.15) is 0 Å². The summed E-state index contributed by atoms with van der Waals surface area (Å²) in [7, 11) is 0. The van der Waals surface area contributed by atoms with Crippen molar-refractivity contribution in [1.82, 2.24) is 14.1 Å². The Balaban J connectivity index is 0.000000139. The lowest BCUT2D eigenvalue weighted by Gasteiger charge is -2.15. The summed E-state index contributed by atoms with van der Waals surface area (Å²) in [6.07, 6.45) is 1.87. The lowest BCUT2D eigenvalue weighted by Crippen LogP contribution is -1.93. The first-order valence-electron chi connectivity index (χ1n) is 39.4. The van der Waals surface area contributed by atoms with Crippen LogP contribution in [0.2, 0.25) is 0 Å². The first kappa shape index (κ1) is 66.0. The van der Waals surface area contributed by atoms with Gasteiger partial charge in [0.05, 0.1) is 29.7 Å². The molecule has 0 N–H and O–H groups in total. The van der Waals surface area contributed by atoms with E-state index in [1.807, 2.05) is 48.7 Å². The number of aromatic nitrogens is 3. The molecule has 0 radical (unpaired) electrons. The van der Waals surface area contributed by atoms with Crippen LogP contribution in [0.25, 0.3) is 240 Å². The van der Waals surface area contributed by atoms with E-state index in [-0.39, 0.29) is 0 Å². The van der Waals surface area contributed by atoms with Gasteiger partial charge in [0.1, 0.15) is 0 Å². The molecule has 21 aromatic carbocycles. The average molecular weight is 1470 g/mol. The van der Waals surface area contributed by atoms with E-state index >= 15 is 0 Å². The summed E-state index contributed by atoms with van der Waals surface area (Å²) in [6, 6.07) is 141. The maximum Gasteiger partial charge on any atom is 0.189 e. The van der Waals surface area contributed by atoms with E-state index in [2.05, 4.69) is 370 Å². The van der Waals surface area contributed by atoms with E-state index < -0.39 is 0 Å². The van der Waals surface area contributed by atoms with Crippen molar-refractivity contribution in [3.8, 4) is 89.3 Å². The number of nitrogens with zero attached hydrogens (tertiary/aromatic N) is 5. The number of hydrogen-bond donors (Lipinski definition) is 0. The fraction of sp³-hybridized carbons (Fsp3) is 0. The summed E-state index contributed by atoms with van der Waals surface area (Å²) < 4.78 is 4.57. The average Bonchev–Trinajstić information content (AvgIpc) is 1.29. The Morgan fingerprint density at radius 2 is 0.483 bits per heavy atom. The first-order valence-corrected chi connectivity index (χ1v) is 39.4. The topological polar surface area (TPSA) is 31.5 Å². The molecule has 0 spiro atoms. The molecule has 3 heterocycles. The van der Waals surface area contributed by atoms with E-state index in [9.17, 15) is 0 Å². The molecule has 0 aliphatic carbocycles. The van der Waals surface area contributed by atoms with Crippen molar-refractivity contribution in [3.05, 3.63) is 417 Å². The third kappa shape index (κ3) is 10.9. The van der Waals surface area contributed by atoms with Crippen LogP contribution in [0.3, 0.4) is 0 Å². The van der Waals surface area contributed by atoms with Crippen LogP contribution in [0.5, 0.6) is 0 Å². The van der Waals surface area contributed by atoms with E-state index in [4.69, 9.17) is 13.1 Å². The third-order valence-corrected chi connectivity index (χ3v) is 24.1. The van der Waals surface area contributed by atoms with Crippen LogP contribution in [0, 0.1) is 13.1 Å². The molecule has 534 valence electrons. The molecule has 0 bridgehead atoms. The molecule has 0 amide bonds. The summed E-state index contributed by atoms with van der Waals surface area (Å²) in [6.45, 7) is 15.3. The highest BCUT2D eigenvalue weighted by Gasteiger charge is 2.21. The summed E-state index contributed by atoms with van der Waals surface area (Å²) >= 11 is 0. The van der Waals surface area contributed by atoms with Gasteiger partial charge in [0, 0.05) is 61.1 Å². The predicted octanol–water partition coefficient (Wildman–Crippen LogP) is 31.0. The molecule has 0 fully saturated rings. The molecule has 3 aromatic heterocycles. The molecule has 5 nitrogen and oxygen atoms in total. The molecule has 0 atom stereocenters. The van der Waals surface area contributed by atoms with Crippen molar-refractivity contribution < 1.29 is 0 Å². The zero-order valence-electron chi connectivity index (χ0n) is 62.8. The molecule has 24 aromatic rings. The van der Waals surface area contributed by atoms with E-state index in [1.54, 1.807) is 0 Å². The number of fused-ring (bicyclic) bond motifs is 9. The maximum atomic E-state index is 7.66. The first-order chi connectivity index (χ1) is 57.3. The van der Waals surface area contributed by atoms with Gasteiger partial charge in [0.15, 0.2) is 11.4 Å². The van der Waals surface area contributed by atoms with Crippen LogP contribution in [-0.4, -0.2) is 14.1 Å². The van der Waals surface area contributed by atoms with Gasteiger partial charge in [-0.25, -0.2) is 9.69 Å². The van der Waals surface area contributed by atoms with Crippen molar-refractivity contribution in [2.75, 3.05) is 0 Å². The van der Waals surface area contributed by atoms with E-state index in [1.165, 1.54) is 158 Å². The molecule has 116 heavy (non-hydrogen) atoms. The molecule has 5 heteroatoms. The van der Waals surface area contributed by atoms with Crippen LogP contribution in [-0.2, 0) is 0 Å². The molecule has 0 saturated heterocycles. The highest BCUT2D eigenvalue weighted by molar-refractivity contribution is 6.26.